The molecule has 0 saturated heterocycles. The third-order valence-electron chi connectivity index (χ3n) is 2.45. The van der Waals surface area contributed by atoms with E-state index in [1.165, 1.54) is 0 Å². The summed E-state index contributed by atoms with van der Waals surface area (Å²) in [6.45, 7) is 1.95. The van der Waals surface area contributed by atoms with Crippen molar-refractivity contribution in [1.29, 1.82) is 0 Å². The maximum absolute atomic E-state index is 5.90. The minimum absolute atomic E-state index is 0.546. The summed E-state index contributed by atoms with van der Waals surface area (Å²) in [6.07, 6.45) is 3.35. The van der Waals surface area contributed by atoms with Crippen molar-refractivity contribution in [3.05, 3.63) is 36.2 Å². The van der Waals surface area contributed by atoms with Crippen LogP contribution in [0.1, 0.15) is 5.56 Å². The molecule has 5 nitrogen and oxygen atoms in total. The van der Waals surface area contributed by atoms with Gasteiger partial charge in [-0.25, -0.2) is 4.98 Å². The Hall–Kier alpha value is -2.30. The molecule has 0 aliphatic rings. The Morgan fingerprint density at radius 1 is 1.44 bits per heavy atom. The van der Waals surface area contributed by atoms with Gasteiger partial charge in [-0.1, -0.05) is 0 Å². The topological polar surface area (TPSA) is 69.3 Å². The number of hydrogen-bond donors (Lipinski definition) is 1. The second-order valence-corrected chi connectivity index (χ2v) is 3.61. The van der Waals surface area contributed by atoms with Crippen molar-refractivity contribution in [3.8, 4) is 11.5 Å². The van der Waals surface area contributed by atoms with Gasteiger partial charge in [0.15, 0.2) is 11.4 Å². The van der Waals surface area contributed by atoms with Gasteiger partial charge < -0.3 is 10.2 Å². The predicted octanol–water partition coefficient (Wildman–Crippen LogP) is 1.88. The molecule has 3 heterocycles. The number of furan rings is 1. The summed E-state index contributed by atoms with van der Waals surface area (Å²) in [6, 6.07) is 5.42. The summed E-state index contributed by atoms with van der Waals surface area (Å²) in [5.41, 5.74) is 8.36. The standard InChI is InChI=1S/C11H10N4O/c1-7-6-13-15-10(12)5-8(14-11(7)15)9-3-2-4-16-9/h2-6H,12H2,1H3. The normalized spacial score (nSPS) is 11.1. The highest BCUT2D eigenvalue weighted by Crippen LogP contribution is 2.22. The summed E-state index contributed by atoms with van der Waals surface area (Å²) in [5.74, 6) is 1.25. The number of aromatic nitrogens is 3. The Morgan fingerprint density at radius 3 is 3.06 bits per heavy atom. The van der Waals surface area contributed by atoms with Crippen LogP contribution in [0.3, 0.4) is 0 Å². The fourth-order valence-corrected chi connectivity index (χ4v) is 1.65. The first-order valence-corrected chi connectivity index (χ1v) is 4.90. The third kappa shape index (κ3) is 1.18. The molecule has 16 heavy (non-hydrogen) atoms. The molecule has 0 unspecified atom stereocenters. The zero-order chi connectivity index (χ0) is 11.1. The van der Waals surface area contributed by atoms with Gasteiger partial charge in [0.2, 0.25) is 0 Å². The average molecular weight is 214 g/mol. The summed E-state index contributed by atoms with van der Waals surface area (Å²) in [4.78, 5) is 4.46. The molecule has 0 aliphatic heterocycles. The van der Waals surface area contributed by atoms with E-state index in [2.05, 4.69) is 10.1 Å². The Balaban J connectivity index is 2.32. The smallest absolute Gasteiger partial charge is 0.161 e. The lowest BCUT2D eigenvalue weighted by Gasteiger charge is -2.02. The van der Waals surface area contributed by atoms with E-state index < -0.39 is 0 Å². The first kappa shape index (κ1) is 8.96. The first-order chi connectivity index (χ1) is 7.75. The highest BCUT2D eigenvalue weighted by molar-refractivity contribution is 5.63. The van der Waals surface area contributed by atoms with Crippen LogP contribution in [-0.4, -0.2) is 14.6 Å². The number of nitrogen functional groups attached to an aromatic ring is 1. The zero-order valence-electron chi connectivity index (χ0n) is 8.71. The van der Waals surface area contributed by atoms with E-state index in [9.17, 15) is 0 Å². The summed E-state index contributed by atoms with van der Waals surface area (Å²) >= 11 is 0. The molecule has 0 aliphatic carbocycles. The summed E-state index contributed by atoms with van der Waals surface area (Å²) in [7, 11) is 0. The van der Waals surface area contributed by atoms with E-state index in [1.807, 2.05) is 19.1 Å². The Bertz CT molecular complexity index is 639. The molecule has 0 spiro atoms. The molecule has 0 fully saturated rings. The first-order valence-electron chi connectivity index (χ1n) is 4.90. The monoisotopic (exact) mass is 214 g/mol. The van der Waals surface area contributed by atoms with Crippen LogP contribution >= 0.6 is 0 Å². The summed E-state index contributed by atoms with van der Waals surface area (Å²) in [5, 5.41) is 4.14. The molecule has 0 saturated carbocycles. The van der Waals surface area contributed by atoms with Crippen LogP contribution in [0.25, 0.3) is 17.1 Å². The molecular weight excluding hydrogens is 204 g/mol. The number of aryl methyl sites for hydroxylation is 1. The van der Waals surface area contributed by atoms with E-state index in [1.54, 1.807) is 23.0 Å². The molecular formula is C11H10N4O. The number of nitrogens with two attached hydrogens (primary N) is 1. The fourth-order valence-electron chi connectivity index (χ4n) is 1.65. The van der Waals surface area contributed by atoms with Crippen molar-refractivity contribution >= 4 is 11.5 Å². The molecule has 0 radical (unpaired) electrons. The lowest BCUT2D eigenvalue weighted by molar-refractivity contribution is 0.580. The van der Waals surface area contributed by atoms with Crippen LogP contribution in [-0.2, 0) is 0 Å². The van der Waals surface area contributed by atoms with Crippen molar-refractivity contribution in [2.24, 2.45) is 0 Å². The van der Waals surface area contributed by atoms with Gasteiger partial charge in [-0.2, -0.15) is 9.61 Å². The van der Waals surface area contributed by atoms with Crippen LogP contribution in [0.4, 0.5) is 5.82 Å². The lowest BCUT2D eigenvalue weighted by Crippen LogP contribution is -2.01. The van der Waals surface area contributed by atoms with E-state index in [0.29, 0.717) is 11.6 Å². The molecule has 0 amide bonds. The van der Waals surface area contributed by atoms with E-state index >= 15 is 0 Å². The molecule has 2 N–H and O–H groups in total. The molecule has 80 valence electrons. The van der Waals surface area contributed by atoms with Crippen LogP contribution in [0.2, 0.25) is 0 Å². The van der Waals surface area contributed by atoms with Gasteiger partial charge in [-0.3, -0.25) is 0 Å². The van der Waals surface area contributed by atoms with Crippen molar-refractivity contribution in [1.82, 2.24) is 14.6 Å². The van der Waals surface area contributed by atoms with Gasteiger partial charge in [-0.05, 0) is 19.1 Å². The number of rotatable bonds is 1. The number of hydrogen-bond acceptors (Lipinski definition) is 4. The highest BCUT2D eigenvalue weighted by atomic mass is 16.3. The minimum Gasteiger partial charge on any atom is -0.463 e. The largest absolute Gasteiger partial charge is 0.463 e. The molecule has 5 heteroatoms. The quantitative estimate of drug-likeness (QED) is 0.671. The molecule has 3 rings (SSSR count). The van der Waals surface area contributed by atoms with Gasteiger partial charge in [0, 0.05) is 11.6 Å². The Morgan fingerprint density at radius 2 is 2.31 bits per heavy atom. The number of anilines is 1. The van der Waals surface area contributed by atoms with E-state index in [0.717, 1.165) is 16.9 Å². The van der Waals surface area contributed by atoms with Crippen LogP contribution in [0.5, 0.6) is 0 Å². The molecule has 0 aromatic carbocycles. The minimum atomic E-state index is 0.546. The predicted molar refractivity (Wildman–Crippen MR) is 59.8 cm³/mol. The van der Waals surface area contributed by atoms with Crippen molar-refractivity contribution in [3.63, 3.8) is 0 Å². The summed E-state index contributed by atoms with van der Waals surface area (Å²) < 4.78 is 6.91. The van der Waals surface area contributed by atoms with Gasteiger partial charge in [0.05, 0.1) is 12.5 Å². The van der Waals surface area contributed by atoms with Gasteiger partial charge in [0.1, 0.15) is 11.5 Å². The number of fused-ring (bicyclic) bond motifs is 1. The van der Waals surface area contributed by atoms with Crippen molar-refractivity contribution in [2.75, 3.05) is 5.73 Å². The maximum Gasteiger partial charge on any atom is 0.161 e. The third-order valence-corrected chi connectivity index (χ3v) is 2.45. The van der Waals surface area contributed by atoms with Crippen LogP contribution in [0, 0.1) is 6.92 Å². The lowest BCUT2D eigenvalue weighted by atomic mass is 10.3. The molecule has 0 atom stereocenters. The molecule has 0 bridgehead atoms. The van der Waals surface area contributed by atoms with Gasteiger partial charge in [-0.15, -0.1) is 0 Å². The van der Waals surface area contributed by atoms with Gasteiger partial charge >= 0.3 is 0 Å². The van der Waals surface area contributed by atoms with E-state index in [4.69, 9.17) is 10.2 Å². The highest BCUT2D eigenvalue weighted by Gasteiger charge is 2.09. The molecule has 3 aromatic heterocycles. The van der Waals surface area contributed by atoms with Crippen molar-refractivity contribution < 1.29 is 4.42 Å². The van der Waals surface area contributed by atoms with Crippen LogP contribution in [0.15, 0.2) is 35.1 Å². The fraction of sp³-hybridized carbons (Fsp3) is 0.0909. The second-order valence-electron chi connectivity index (χ2n) is 3.61. The Labute approximate surface area is 91.5 Å². The molecule has 3 aromatic rings. The van der Waals surface area contributed by atoms with Crippen molar-refractivity contribution in [2.45, 2.75) is 6.92 Å². The Kier molecular flexibility index (Phi) is 1.73. The SMILES string of the molecule is Cc1cnn2c(N)cc(-c3ccco3)nc12. The van der Waals surface area contributed by atoms with E-state index in [-0.39, 0.29) is 0 Å². The zero-order valence-corrected chi connectivity index (χ0v) is 8.71. The second kappa shape index (κ2) is 3.10. The van der Waals surface area contributed by atoms with Crippen LogP contribution < -0.4 is 5.73 Å². The van der Waals surface area contributed by atoms with Gasteiger partial charge in [0.25, 0.3) is 0 Å². The average Bonchev–Trinajstić information content (AvgIpc) is 2.88. The number of nitrogens with zero attached hydrogens (tertiary/aromatic N) is 3. The maximum atomic E-state index is 5.90.